The lowest BCUT2D eigenvalue weighted by Crippen LogP contribution is -2.53. The van der Waals surface area contributed by atoms with Gasteiger partial charge in [-0.05, 0) is 24.1 Å². The Balaban J connectivity index is 1.24. The van der Waals surface area contributed by atoms with Crippen LogP contribution in [0.4, 0.5) is 0 Å². The standard InChI is InChI=1S/C33H31ClN4O11/c1-14-8-18(39)26(30(42)33(14)31(43)27-21(44-2)11-22(45-3)28(34)29(27)48-33)16(15-4-6-19-20(9-15)47-13-46-19)10-25(41)35-12-23-37-32(49-38-23)17-5-7-24(40)36-17/h4,6,9,11,14,16-17,42H,5,7-8,10,12-13H2,1-3H3,(H,35,41)(H,36,40). The zero-order valence-corrected chi connectivity index (χ0v) is 27.3. The molecule has 3 N–H and O–H groups in total. The smallest absolute Gasteiger partial charge is 0.249 e. The molecule has 0 bridgehead atoms. The van der Waals surface area contributed by atoms with Crippen molar-refractivity contribution in [1.82, 2.24) is 20.8 Å². The number of rotatable bonds is 9. The number of amides is 2. The van der Waals surface area contributed by atoms with Gasteiger partial charge in [0.1, 0.15) is 28.1 Å². The molecule has 4 aliphatic rings. The number of halogens is 1. The zero-order valence-electron chi connectivity index (χ0n) is 26.6. The van der Waals surface area contributed by atoms with Gasteiger partial charge in [0.25, 0.3) is 0 Å². The molecule has 3 aromatic rings. The fraction of sp³-hybridized carbons (Fsp3) is 0.394. The highest BCUT2D eigenvalue weighted by Gasteiger charge is 2.61. The summed E-state index contributed by atoms with van der Waals surface area (Å²) in [5.74, 6) is -2.80. The lowest BCUT2D eigenvalue weighted by Gasteiger charge is -2.38. The first-order chi connectivity index (χ1) is 23.5. The Morgan fingerprint density at radius 3 is 2.67 bits per heavy atom. The number of aliphatic hydroxyl groups is 1. The Hall–Kier alpha value is -5.31. The van der Waals surface area contributed by atoms with Gasteiger partial charge in [0.2, 0.25) is 35.9 Å². The summed E-state index contributed by atoms with van der Waals surface area (Å²) < 4.78 is 33.4. The SMILES string of the molecule is COc1cc(OC)c2c(c1Cl)OC1(C2=O)C(O)=C(C(CC(=O)NCc2noc(C3CCC(=O)N3)n2)c2ccc3c(c2)OCO3)C(=O)CC1C. The van der Waals surface area contributed by atoms with Crippen molar-refractivity contribution in [3.63, 3.8) is 0 Å². The third-order valence-corrected chi connectivity index (χ3v) is 9.63. The fourth-order valence-corrected chi connectivity index (χ4v) is 7.04. The fourth-order valence-electron chi connectivity index (χ4n) is 6.77. The number of benzene rings is 2. The molecule has 1 fully saturated rings. The third-order valence-electron chi connectivity index (χ3n) is 9.27. The molecule has 1 saturated heterocycles. The van der Waals surface area contributed by atoms with Crippen LogP contribution in [0.5, 0.6) is 28.7 Å². The van der Waals surface area contributed by atoms with E-state index in [1.165, 1.54) is 20.3 Å². The highest BCUT2D eigenvalue weighted by Crippen LogP contribution is 2.56. The highest BCUT2D eigenvalue weighted by molar-refractivity contribution is 6.35. The van der Waals surface area contributed by atoms with Crippen LogP contribution in [-0.4, -0.2) is 65.2 Å². The van der Waals surface area contributed by atoms with Crippen molar-refractivity contribution in [1.29, 1.82) is 0 Å². The van der Waals surface area contributed by atoms with Crippen molar-refractivity contribution in [2.75, 3.05) is 21.0 Å². The summed E-state index contributed by atoms with van der Waals surface area (Å²) in [6.45, 7) is 1.49. The summed E-state index contributed by atoms with van der Waals surface area (Å²) in [5, 5.41) is 21.5. The molecular weight excluding hydrogens is 664 g/mol. The van der Waals surface area contributed by atoms with E-state index in [0.29, 0.717) is 29.9 Å². The summed E-state index contributed by atoms with van der Waals surface area (Å²) in [5.41, 5.74) is -1.78. The molecule has 4 atom stereocenters. The molecule has 0 radical (unpaired) electrons. The number of hydrogen-bond acceptors (Lipinski definition) is 13. The second-order valence-electron chi connectivity index (χ2n) is 12.1. The van der Waals surface area contributed by atoms with Crippen molar-refractivity contribution in [2.24, 2.45) is 5.92 Å². The predicted molar refractivity (Wildman–Crippen MR) is 167 cm³/mol. The van der Waals surface area contributed by atoms with Gasteiger partial charge in [-0.15, -0.1) is 0 Å². The second kappa shape index (κ2) is 12.3. The van der Waals surface area contributed by atoms with Crippen LogP contribution < -0.4 is 34.3 Å². The van der Waals surface area contributed by atoms with Crippen LogP contribution in [0.3, 0.4) is 0 Å². The van der Waals surface area contributed by atoms with Crippen molar-refractivity contribution < 1.29 is 52.5 Å². The Morgan fingerprint density at radius 1 is 1.16 bits per heavy atom. The van der Waals surface area contributed by atoms with Crippen molar-refractivity contribution >= 4 is 35.0 Å². The minimum Gasteiger partial charge on any atom is -0.507 e. The Labute approximate surface area is 283 Å². The van der Waals surface area contributed by atoms with Crippen LogP contribution in [0.1, 0.15) is 72.2 Å². The molecule has 7 rings (SSSR count). The molecule has 4 heterocycles. The van der Waals surface area contributed by atoms with Crippen molar-refractivity contribution in [2.45, 2.75) is 56.7 Å². The lowest BCUT2D eigenvalue weighted by molar-refractivity contribution is -0.122. The van der Waals surface area contributed by atoms with Gasteiger partial charge in [-0.3, -0.25) is 19.2 Å². The average molecular weight is 695 g/mol. The van der Waals surface area contributed by atoms with E-state index in [4.69, 9.17) is 39.8 Å². The number of allylic oxidation sites excluding steroid dienone is 1. The normalized spacial score (nSPS) is 23.0. The Kier molecular flexibility index (Phi) is 8.09. The number of nitrogens with one attached hydrogen (secondary N) is 2. The number of fused-ring (bicyclic) bond motifs is 2. The molecule has 2 aromatic carbocycles. The van der Waals surface area contributed by atoms with Gasteiger partial charge in [0.15, 0.2) is 34.6 Å². The molecule has 3 aliphatic heterocycles. The number of ketones is 2. The van der Waals surface area contributed by atoms with Gasteiger partial charge in [-0.25, -0.2) is 0 Å². The maximum Gasteiger partial charge on any atom is 0.249 e. The summed E-state index contributed by atoms with van der Waals surface area (Å²) >= 11 is 6.59. The molecule has 1 aromatic heterocycles. The van der Waals surface area contributed by atoms with Gasteiger partial charge < -0.3 is 43.9 Å². The molecule has 49 heavy (non-hydrogen) atoms. The first kappa shape index (κ1) is 32.2. The van der Waals surface area contributed by atoms with Crippen LogP contribution in [-0.2, 0) is 20.9 Å². The Morgan fingerprint density at radius 2 is 1.94 bits per heavy atom. The largest absolute Gasteiger partial charge is 0.507 e. The maximum absolute atomic E-state index is 14.3. The number of aromatic nitrogens is 2. The van der Waals surface area contributed by atoms with Crippen LogP contribution in [0.25, 0.3) is 0 Å². The lowest BCUT2D eigenvalue weighted by atomic mass is 9.69. The van der Waals surface area contributed by atoms with E-state index in [1.807, 2.05) is 0 Å². The van der Waals surface area contributed by atoms with Gasteiger partial charge in [0.05, 0.1) is 20.8 Å². The van der Waals surface area contributed by atoms with Crippen LogP contribution in [0.15, 0.2) is 40.1 Å². The minimum atomic E-state index is -2.05. The highest BCUT2D eigenvalue weighted by atomic mass is 35.5. The molecule has 0 saturated carbocycles. The summed E-state index contributed by atoms with van der Waals surface area (Å²) in [7, 11) is 2.76. The van der Waals surface area contributed by atoms with Crippen LogP contribution in [0.2, 0.25) is 5.02 Å². The molecule has 256 valence electrons. The zero-order chi connectivity index (χ0) is 34.6. The first-order valence-electron chi connectivity index (χ1n) is 15.5. The summed E-state index contributed by atoms with van der Waals surface area (Å²) in [4.78, 5) is 57.6. The minimum absolute atomic E-state index is 0.00516. The number of methoxy groups -OCH3 is 2. The number of ether oxygens (including phenoxy) is 5. The topological polar surface area (TPSA) is 198 Å². The van der Waals surface area contributed by atoms with E-state index >= 15 is 0 Å². The molecule has 15 nitrogen and oxygen atoms in total. The van der Waals surface area contributed by atoms with Gasteiger partial charge >= 0.3 is 0 Å². The van der Waals surface area contributed by atoms with Gasteiger partial charge in [-0.2, -0.15) is 4.98 Å². The molecule has 4 unspecified atom stereocenters. The number of aliphatic hydroxyl groups excluding tert-OH is 1. The quantitative estimate of drug-likeness (QED) is 0.294. The number of carbonyl (C=O) groups is 4. The molecule has 1 spiro atoms. The van der Waals surface area contributed by atoms with E-state index in [1.54, 1.807) is 25.1 Å². The first-order valence-corrected chi connectivity index (χ1v) is 15.9. The third kappa shape index (κ3) is 5.28. The maximum atomic E-state index is 14.3. The number of carbonyl (C=O) groups excluding carboxylic acids is 4. The monoisotopic (exact) mass is 694 g/mol. The average Bonchev–Trinajstić information content (AvgIpc) is 3.89. The summed E-state index contributed by atoms with van der Waals surface area (Å²) in [6, 6.07) is 5.96. The van der Waals surface area contributed by atoms with Crippen molar-refractivity contribution in [3.05, 3.63) is 63.5 Å². The molecule has 16 heteroatoms. The van der Waals surface area contributed by atoms with Crippen LogP contribution >= 0.6 is 11.6 Å². The molecular formula is C33H31ClN4O11. The van der Waals surface area contributed by atoms with E-state index in [-0.39, 0.29) is 77.2 Å². The van der Waals surface area contributed by atoms with Crippen molar-refractivity contribution in [3.8, 4) is 28.7 Å². The van der Waals surface area contributed by atoms with E-state index in [9.17, 15) is 24.3 Å². The predicted octanol–water partition coefficient (Wildman–Crippen LogP) is 3.65. The number of Topliss-reactive ketones (excluding diaryl/α,β-unsaturated/α-hetero) is 2. The molecule has 1 aliphatic carbocycles. The van der Waals surface area contributed by atoms with E-state index < -0.39 is 46.7 Å². The summed E-state index contributed by atoms with van der Waals surface area (Å²) in [6.07, 6.45) is 0.333. The Bertz CT molecular complexity index is 1940. The number of nitrogens with zero attached hydrogens (tertiary/aromatic N) is 2. The second-order valence-corrected chi connectivity index (χ2v) is 12.5. The van der Waals surface area contributed by atoms with E-state index in [2.05, 4.69) is 20.8 Å². The number of hydrogen-bond donors (Lipinski definition) is 3. The van der Waals surface area contributed by atoms with Crippen LogP contribution in [0, 0.1) is 5.92 Å². The van der Waals surface area contributed by atoms with Gasteiger partial charge in [-0.1, -0.05) is 29.7 Å². The molecule has 2 amide bonds. The van der Waals surface area contributed by atoms with E-state index in [0.717, 1.165) is 0 Å². The van der Waals surface area contributed by atoms with Gasteiger partial charge in [0, 0.05) is 42.7 Å².